The average Bonchev–Trinajstić information content (AvgIpc) is 2.39. The van der Waals surface area contributed by atoms with Gasteiger partial charge in [0.05, 0.1) is 5.71 Å². The van der Waals surface area contributed by atoms with Crippen LogP contribution in [0, 0.1) is 0 Å². The first-order valence-electron chi connectivity index (χ1n) is 5.80. The van der Waals surface area contributed by atoms with Crippen molar-refractivity contribution in [3.05, 3.63) is 41.5 Å². The van der Waals surface area contributed by atoms with Gasteiger partial charge >= 0.3 is 0 Å². The van der Waals surface area contributed by atoms with Crippen LogP contribution in [0.4, 0.5) is 0 Å². The highest BCUT2D eigenvalue weighted by atomic mass is 16.4. The molecule has 0 aromatic heterocycles. The van der Waals surface area contributed by atoms with Crippen molar-refractivity contribution in [2.45, 2.75) is 32.6 Å². The third-order valence-electron chi connectivity index (χ3n) is 3.11. The van der Waals surface area contributed by atoms with Gasteiger partial charge in [-0.1, -0.05) is 35.5 Å². The van der Waals surface area contributed by atoms with E-state index in [1.165, 1.54) is 36.8 Å². The maximum atomic E-state index is 8.68. The van der Waals surface area contributed by atoms with Gasteiger partial charge in [0, 0.05) is 0 Å². The van der Waals surface area contributed by atoms with Crippen molar-refractivity contribution in [1.82, 2.24) is 0 Å². The van der Waals surface area contributed by atoms with Gasteiger partial charge in [-0.3, -0.25) is 0 Å². The first-order valence-corrected chi connectivity index (χ1v) is 5.80. The van der Waals surface area contributed by atoms with Gasteiger partial charge in [-0.25, -0.2) is 0 Å². The summed E-state index contributed by atoms with van der Waals surface area (Å²) < 4.78 is 0. The van der Waals surface area contributed by atoms with E-state index < -0.39 is 0 Å². The lowest BCUT2D eigenvalue weighted by atomic mass is 9.93. The number of rotatable bonds is 2. The molecule has 0 bridgehead atoms. The lowest BCUT2D eigenvalue weighted by Gasteiger charge is -2.13. The standard InChI is InChI=1S/C14H17NO/c1-11(15-16)12-7-9-14(10-8-12)13-5-3-2-4-6-13/h5,7-10,16H,2-4,6H2,1H3. The number of benzene rings is 1. The van der Waals surface area contributed by atoms with E-state index in [0.717, 1.165) is 5.56 Å². The van der Waals surface area contributed by atoms with Crippen molar-refractivity contribution in [3.63, 3.8) is 0 Å². The van der Waals surface area contributed by atoms with Gasteiger partial charge in [-0.2, -0.15) is 0 Å². The Kier molecular flexibility index (Phi) is 3.40. The minimum absolute atomic E-state index is 0.657. The molecule has 0 radical (unpaired) electrons. The second kappa shape index (κ2) is 4.97. The molecule has 2 rings (SSSR count). The third-order valence-corrected chi connectivity index (χ3v) is 3.11. The van der Waals surface area contributed by atoms with Gasteiger partial charge < -0.3 is 5.21 Å². The van der Waals surface area contributed by atoms with Crippen LogP contribution in [0.5, 0.6) is 0 Å². The largest absolute Gasteiger partial charge is 0.411 e. The molecule has 2 nitrogen and oxygen atoms in total. The van der Waals surface area contributed by atoms with Crippen LogP contribution in [0.3, 0.4) is 0 Å². The summed E-state index contributed by atoms with van der Waals surface area (Å²) in [6, 6.07) is 8.25. The third kappa shape index (κ3) is 2.32. The van der Waals surface area contributed by atoms with Crippen LogP contribution in [0.25, 0.3) is 5.57 Å². The fourth-order valence-corrected chi connectivity index (χ4v) is 2.08. The molecular formula is C14H17NO. The molecule has 1 aliphatic carbocycles. The number of hydrogen-bond acceptors (Lipinski definition) is 2. The predicted molar refractivity (Wildman–Crippen MR) is 66.9 cm³/mol. The second-order valence-corrected chi connectivity index (χ2v) is 4.24. The average molecular weight is 215 g/mol. The Morgan fingerprint density at radius 1 is 1.19 bits per heavy atom. The van der Waals surface area contributed by atoms with E-state index in [9.17, 15) is 0 Å². The van der Waals surface area contributed by atoms with Crippen LogP contribution in [-0.2, 0) is 0 Å². The molecule has 0 atom stereocenters. The minimum Gasteiger partial charge on any atom is -0.411 e. The fourth-order valence-electron chi connectivity index (χ4n) is 2.08. The molecule has 0 fully saturated rings. The van der Waals surface area contributed by atoms with Gasteiger partial charge in [0.2, 0.25) is 0 Å². The van der Waals surface area contributed by atoms with Crippen LogP contribution < -0.4 is 0 Å². The summed E-state index contributed by atoms with van der Waals surface area (Å²) in [4.78, 5) is 0. The van der Waals surface area contributed by atoms with E-state index in [2.05, 4.69) is 23.4 Å². The Morgan fingerprint density at radius 3 is 2.50 bits per heavy atom. The molecule has 0 amide bonds. The molecule has 1 aliphatic rings. The normalized spacial score (nSPS) is 17.1. The summed E-state index contributed by atoms with van der Waals surface area (Å²) in [5, 5.41) is 11.9. The maximum Gasteiger partial charge on any atom is 0.0836 e. The quantitative estimate of drug-likeness (QED) is 0.453. The summed E-state index contributed by atoms with van der Waals surface area (Å²) in [7, 11) is 0. The highest BCUT2D eigenvalue weighted by Crippen LogP contribution is 2.26. The lowest BCUT2D eigenvalue weighted by molar-refractivity contribution is 0.319. The van der Waals surface area contributed by atoms with E-state index in [-0.39, 0.29) is 0 Å². The Balaban J connectivity index is 2.22. The van der Waals surface area contributed by atoms with E-state index in [1.807, 2.05) is 12.1 Å². The molecular weight excluding hydrogens is 198 g/mol. The molecule has 0 aliphatic heterocycles. The number of oxime groups is 1. The molecule has 0 saturated carbocycles. The van der Waals surface area contributed by atoms with Gasteiger partial charge in [0.1, 0.15) is 0 Å². The smallest absolute Gasteiger partial charge is 0.0836 e. The van der Waals surface area contributed by atoms with Gasteiger partial charge in [0.15, 0.2) is 0 Å². The Labute approximate surface area is 96.3 Å². The first-order chi connectivity index (χ1) is 7.81. The van der Waals surface area contributed by atoms with Crippen molar-refractivity contribution in [2.75, 3.05) is 0 Å². The molecule has 16 heavy (non-hydrogen) atoms. The van der Waals surface area contributed by atoms with E-state index in [4.69, 9.17) is 5.21 Å². The van der Waals surface area contributed by atoms with Crippen molar-refractivity contribution in [1.29, 1.82) is 0 Å². The minimum atomic E-state index is 0.657. The Bertz CT molecular complexity index is 415. The SMILES string of the molecule is CC(=NO)c1ccc(C2=CCCCC2)cc1. The molecule has 1 aromatic carbocycles. The zero-order valence-electron chi connectivity index (χ0n) is 9.61. The molecule has 1 N–H and O–H groups in total. The topological polar surface area (TPSA) is 32.6 Å². The first kappa shape index (κ1) is 10.9. The van der Waals surface area contributed by atoms with Crippen molar-refractivity contribution in [3.8, 4) is 0 Å². The summed E-state index contributed by atoms with van der Waals surface area (Å²) in [5.41, 5.74) is 4.39. The van der Waals surface area contributed by atoms with Crippen LogP contribution in [0.2, 0.25) is 0 Å². The lowest BCUT2D eigenvalue weighted by Crippen LogP contribution is -1.96. The van der Waals surface area contributed by atoms with Crippen molar-refractivity contribution >= 4 is 11.3 Å². The highest BCUT2D eigenvalue weighted by molar-refractivity contribution is 5.98. The van der Waals surface area contributed by atoms with E-state index in [0.29, 0.717) is 5.71 Å². The molecule has 0 unspecified atom stereocenters. The molecule has 0 heterocycles. The van der Waals surface area contributed by atoms with Crippen LogP contribution in [0.1, 0.15) is 43.7 Å². The van der Waals surface area contributed by atoms with Crippen LogP contribution in [0.15, 0.2) is 35.5 Å². The highest BCUT2D eigenvalue weighted by Gasteiger charge is 2.06. The van der Waals surface area contributed by atoms with Gasteiger partial charge in [-0.05, 0) is 49.3 Å². The molecule has 1 aromatic rings. The summed E-state index contributed by atoms with van der Waals surface area (Å²) in [5.74, 6) is 0. The summed E-state index contributed by atoms with van der Waals surface area (Å²) in [6.45, 7) is 1.80. The Hall–Kier alpha value is -1.57. The number of hydrogen-bond donors (Lipinski definition) is 1. The maximum absolute atomic E-state index is 8.68. The van der Waals surface area contributed by atoms with Crippen LogP contribution in [-0.4, -0.2) is 10.9 Å². The molecule has 0 saturated heterocycles. The summed E-state index contributed by atoms with van der Waals surface area (Å²) >= 11 is 0. The zero-order valence-corrected chi connectivity index (χ0v) is 9.61. The Morgan fingerprint density at radius 2 is 1.94 bits per heavy atom. The second-order valence-electron chi connectivity index (χ2n) is 4.24. The summed E-state index contributed by atoms with van der Waals surface area (Å²) in [6.07, 6.45) is 7.34. The van der Waals surface area contributed by atoms with Crippen molar-refractivity contribution < 1.29 is 5.21 Å². The number of allylic oxidation sites excluding steroid dienone is 2. The predicted octanol–water partition coefficient (Wildman–Crippen LogP) is 3.84. The zero-order chi connectivity index (χ0) is 11.4. The molecule has 0 spiro atoms. The number of nitrogens with zero attached hydrogens (tertiary/aromatic N) is 1. The van der Waals surface area contributed by atoms with Crippen LogP contribution >= 0.6 is 0 Å². The van der Waals surface area contributed by atoms with E-state index in [1.54, 1.807) is 6.92 Å². The van der Waals surface area contributed by atoms with Gasteiger partial charge in [-0.15, -0.1) is 0 Å². The van der Waals surface area contributed by atoms with Gasteiger partial charge in [0.25, 0.3) is 0 Å². The van der Waals surface area contributed by atoms with E-state index >= 15 is 0 Å². The monoisotopic (exact) mass is 215 g/mol. The molecule has 84 valence electrons. The fraction of sp³-hybridized carbons (Fsp3) is 0.357. The van der Waals surface area contributed by atoms with Crippen molar-refractivity contribution in [2.24, 2.45) is 5.16 Å². The molecule has 2 heteroatoms.